The number of hydrogen-bond acceptors (Lipinski definition) is 5. The van der Waals surface area contributed by atoms with Gasteiger partial charge in [-0.15, -0.1) is 0 Å². The Hall–Kier alpha value is -1.25. The fraction of sp³-hybridized carbons (Fsp3) is 0.273. The van der Waals surface area contributed by atoms with Crippen LogP contribution in [0.25, 0.3) is 0 Å². The Balaban J connectivity index is 3.25. The first-order valence-electron chi connectivity index (χ1n) is 5.16. The number of benzene rings is 1. The van der Waals surface area contributed by atoms with Crippen LogP contribution in [0.3, 0.4) is 0 Å². The van der Waals surface area contributed by atoms with Gasteiger partial charge in [-0.1, -0.05) is 22.5 Å². The lowest BCUT2D eigenvalue weighted by atomic mass is 10.3. The van der Waals surface area contributed by atoms with Crippen molar-refractivity contribution in [1.82, 2.24) is 4.72 Å². The number of nitrogen functional groups attached to an aromatic ring is 1. The Labute approximate surface area is 120 Å². The van der Waals surface area contributed by atoms with E-state index in [2.05, 4.69) is 27.2 Å². The van der Waals surface area contributed by atoms with E-state index in [1.54, 1.807) is 0 Å². The normalized spacial score (nSPS) is 11.1. The summed E-state index contributed by atoms with van der Waals surface area (Å²) in [7, 11) is -0.942. The van der Waals surface area contributed by atoms with E-state index in [4.69, 9.17) is 15.2 Å². The molecule has 0 aromatic heterocycles. The average molecular weight is 351 g/mol. The summed E-state index contributed by atoms with van der Waals surface area (Å²) < 4.78 is 37.2. The van der Waals surface area contributed by atoms with Crippen LogP contribution in [0.4, 0.5) is 5.69 Å². The third-order valence-electron chi connectivity index (χ3n) is 2.26. The Kier molecular flexibility index (Phi) is 5.21. The van der Waals surface area contributed by atoms with Gasteiger partial charge in [-0.25, -0.2) is 13.1 Å². The molecule has 0 radical (unpaired) electrons. The average Bonchev–Trinajstić information content (AvgIpc) is 2.36. The molecular weight excluding hydrogens is 336 g/mol. The number of sulfonamides is 1. The van der Waals surface area contributed by atoms with E-state index < -0.39 is 10.0 Å². The summed E-state index contributed by atoms with van der Waals surface area (Å²) in [6, 6.07) is 2.71. The maximum Gasteiger partial charge on any atom is 0.244 e. The molecule has 1 aromatic rings. The van der Waals surface area contributed by atoms with Gasteiger partial charge in [0.05, 0.1) is 19.9 Å². The lowest BCUT2D eigenvalue weighted by Crippen LogP contribution is -2.25. The molecule has 106 valence electrons. The molecule has 0 heterocycles. The summed E-state index contributed by atoms with van der Waals surface area (Å²) in [5, 5.41) is 0. The fourth-order valence-electron chi connectivity index (χ4n) is 1.35. The van der Waals surface area contributed by atoms with Crippen LogP contribution in [0.2, 0.25) is 0 Å². The van der Waals surface area contributed by atoms with Gasteiger partial charge in [-0.3, -0.25) is 0 Å². The maximum absolute atomic E-state index is 12.1. The molecule has 0 saturated carbocycles. The van der Waals surface area contributed by atoms with Crippen LogP contribution >= 0.6 is 15.9 Å². The van der Waals surface area contributed by atoms with Crippen LogP contribution in [0.5, 0.6) is 11.5 Å². The predicted molar refractivity (Wildman–Crippen MR) is 77.2 cm³/mol. The van der Waals surface area contributed by atoms with Gasteiger partial charge in [0.1, 0.15) is 16.4 Å². The van der Waals surface area contributed by atoms with Crippen molar-refractivity contribution in [3.05, 3.63) is 23.2 Å². The highest BCUT2D eigenvalue weighted by atomic mass is 79.9. The number of nitrogens with one attached hydrogen (secondary N) is 1. The van der Waals surface area contributed by atoms with E-state index in [1.165, 1.54) is 26.4 Å². The summed E-state index contributed by atoms with van der Waals surface area (Å²) in [6.45, 7) is 3.62. The minimum absolute atomic E-state index is 0.0537. The Bertz CT molecular complexity index is 587. The predicted octanol–water partition coefficient (Wildman–Crippen LogP) is 1.47. The molecule has 1 aromatic carbocycles. The van der Waals surface area contributed by atoms with E-state index in [0.717, 1.165) is 0 Å². The highest BCUT2D eigenvalue weighted by molar-refractivity contribution is 9.11. The van der Waals surface area contributed by atoms with Crippen LogP contribution in [0.1, 0.15) is 0 Å². The van der Waals surface area contributed by atoms with Crippen LogP contribution in [0, 0.1) is 0 Å². The molecule has 19 heavy (non-hydrogen) atoms. The molecule has 8 heteroatoms. The van der Waals surface area contributed by atoms with Crippen LogP contribution in [0.15, 0.2) is 28.1 Å². The van der Waals surface area contributed by atoms with E-state index >= 15 is 0 Å². The van der Waals surface area contributed by atoms with Gasteiger partial charge < -0.3 is 15.2 Å². The molecule has 0 saturated heterocycles. The van der Waals surface area contributed by atoms with Crippen LogP contribution in [-0.2, 0) is 10.0 Å². The summed E-state index contributed by atoms with van der Waals surface area (Å²) in [5.74, 6) is 0.499. The van der Waals surface area contributed by atoms with Crippen molar-refractivity contribution < 1.29 is 17.9 Å². The molecule has 1 rings (SSSR count). The highest BCUT2D eigenvalue weighted by Gasteiger charge is 2.21. The molecule has 3 N–H and O–H groups in total. The van der Waals surface area contributed by atoms with Crippen LogP contribution in [-0.4, -0.2) is 29.2 Å². The topological polar surface area (TPSA) is 90.7 Å². The smallest absolute Gasteiger partial charge is 0.244 e. The molecule has 0 spiro atoms. The van der Waals surface area contributed by atoms with Crippen molar-refractivity contribution in [2.24, 2.45) is 0 Å². The minimum atomic E-state index is -3.75. The number of halogens is 1. The third kappa shape index (κ3) is 3.85. The molecule has 0 aliphatic heterocycles. The fourth-order valence-corrected chi connectivity index (χ4v) is 2.89. The lowest BCUT2D eigenvalue weighted by Gasteiger charge is -2.13. The first-order chi connectivity index (χ1) is 8.81. The summed E-state index contributed by atoms with van der Waals surface area (Å²) in [4.78, 5) is -0.0537. The molecule has 0 fully saturated rings. The zero-order valence-corrected chi connectivity index (χ0v) is 13.0. The van der Waals surface area contributed by atoms with Crippen molar-refractivity contribution in [3.8, 4) is 11.5 Å². The van der Waals surface area contributed by atoms with Gasteiger partial charge in [0.2, 0.25) is 10.0 Å². The largest absolute Gasteiger partial charge is 0.495 e. The summed E-state index contributed by atoms with van der Waals surface area (Å²) in [6.07, 6.45) is 0. The third-order valence-corrected chi connectivity index (χ3v) is 3.96. The first-order valence-corrected chi connectivity index (χ1v) is 7.44. The quantitative estimate of drug-likeness (QED) is 0.758. The van der Waals surface area contributed by atoms with Gasteiger partial charge >= 0.3 is 0 Å². The van der Waals surface area contributed by atoms with Crippen molar-refractivity contribution in [2.45, 2.75) is 4.90 Å². The standard InChI is InChI=1S/C11H15BrN2O4S/c1-7(12)6-14-19(15,16)11-4-8(13)9(17-2)5-10(11)18-3/h4-5,14H,1,6,13H2,2-3H3. The second-order valence-corrected chi connectivity index (χ2v) is 6.44. The zero-order valence-electron chi connectivity index (χ0n) is 10.6. The molecule has 6 nitrogen and oxygen atoms in total. The second kappa shape index (κ2) is 6.27. The van der Waals surface area contributed by atoms with E-state index in [1.807, 2.05) is 0 Å². The molecule has 0 aliphatic carbocycles. The molecule has 0 unspecified atom stereocenters. The SMILES string of the molecule is C=C(Br)CNS(=O)(=O)c1cc(N)c(OC)cc1OC. The number of ether oxygens (including phenoxy) is 2. The van der Waals surface area contributed by atoms with Gasteiger partial charge in [-0.05, 0) is 6.07 Å². The zero-order chi connectivity index (χ0) is 14.6. The van der Waals surface area contributed by atoms with Crippen molar-refractivity contribution in [2.75, 3.05) is 26.5 Å². The number of hydrogen-bond donors (Lipinski definition) is 2. The minimum Gasteiger partial charge on any atom is -0.495 e. The lowest BCUT2D eigenvalue weighted by molar-refractivity contribution is 0.387. The monoisotopic (exact) mass is 350 g/mol. The Morgan fingerprint density at radius 2 is 1.95 bits per heavy atom. The molecule has 0 amide bonds. The van der Waals surface area contributed by atoms with E-state index in [-0.39, 0.29) is 22.9 Å². The summed E-state index contributed by atoms with van der Waals surface area (Å²) >= 11 is 3.08. The van der Waals surface area contributed by atoms with Gasteiger partial charge in [0.15, 0.2) is 0 Å². The second-order valence-electron chi connectivity index (χ2n) is 3.59. The number of methoxy groups -OCH3 is 2. The van der Waals surface area contributed by atoms with Gasteiger partial charge in [0, 0.05) is 17.1 Å². The van der Waals surface area contributed by atoms with Crippen molar-refractivity contribution in [3.63, 3.8) is 0 Å². The molecular formula is C11H15BrN2O4S. The van der Waals surface area contributed by atoms with Crippen molar-refractivity contribution >= 4 is 31.6 Å². The first kappa shape index (κ1) is 15.8. The van der Waals surface area contributed by atoms with Gasteiger partial charge in [-0.2, -0.15) is 0 Å². The van der Waals surface area contributed by atoms with E-state index in [0.29, 0.717) is 10.2 Å². The van der Waals surface area contributed by atoms with Crippen molar-refractivity contribution in [1.29, 1.82) is 0 Å². The molecule has 0 bridgehead atoms. The van der Waals surface area contributed by atoms with Crippen LogP contribution < -0.4 is 19.9 Å². The summed E-state index contributed by atoms with van der Waals surface area (Å²) in [5.41, 5.74) is 5.92. The molecule has 0 aliphatic rings. The van der Waals surface area contributed by atoms with Gasteiger partial charge in [0.25, 0.3) is 0 Å². The Morgan fingerprint density at radius 1 is 1.37 bits per heavy atom. The molecule has 0 atom stereocenters. The maximum atomic E-state index is 12.1. The van der Waals surface area contributed by atoms with E-state index in [9.17, 15) is 8.42 Å². The number of nitrogens with two attached hydrogens (primary N) is 1. The number of anilines is 1. The Morgan fingerprint density at radius 3 is 2.42 bits per heavy atom. The number of rotatable bonds is 6. The highest BCUT2D eigenvalue weighted by Crippen LogP contribution is 2.33.